The van der Waals surface area contributed by atoms with Crippen LogP contribution in [0, 0.1) is 0 Å². The average Bonchev–Trinajstić information content (AvgIpc) is 2.51. The number of aliphatic hydroxyl groups is 1. The zero-order chi connectivity index (χ0) is 11.9. The van der Waals surface area contributed by atoms with Gasteiger partial charge in [-0.1, -0.05) is 18.2 Å². The molecule has 1 aromatic carbocycles. The number of hydrogen-bond acceptors (Lipinski definition) is 2. The van der Waals surface area contributed by atoms with Crippen molar-refractivity contribution in [1.29, 1.82) is 0 Å². The Morgan fingerprint density at radius 1 is 1.25 bits per heavy atom. The van der Waals surface area contributed by atoms with Crippen LogP contribution in [-0.4, -0.2) is 11.3 Å². The molecule has 1 N–H and O–H groups in total. The highest BCUT2D eigenvalue weighted by Gasteiger charge is 2.42. The first-order chi connectivity index (χ1) is 7.41. The van der Waals surface area contributed by atoms with Crippen molar-refractivity contribution in [2.45, 2.75) is 12.3 Å². The van der Waals surface area contributed by atoms with E-state index in [1.165, 1.54) is 12.1 Å². The molecule has 0 spiro atoms. The van der Waals surface area contributed by atoms with Crippen LogP contribution in [0.15, 0.2) is 28.7 Å². The maximum Gasteiger partial charge on any atom is 0.418 e. The van der Waals surface area contributed by atoms with Gasteiger partial charge in [-0.2, -0.15) is 13.2 Å². The third-order valence-electron chi connectivity index (χ3n) is 2.17. The van der Waals surface area contributed by atoms with Gasteiger partial charge < -0.3 is 9.52 Å². The number of halogens is 4. The predicted octanol–water partition coefficient (Wildman–Crippen LogP) is 3.68. The SMILES string of the molecule is O[C@H](c1c(Cl)oc2ccccc12)C(F)(F)F. The Labute approximate surface area is 93.2 Å². The van der Waals surface area contributed by atoms with Crippen LogP contribution >= 0.6 is 11.6 Å². The number of furan rings is 1. The number of hydrogen-bond donors (Lipinski definition) is 1. The van der Waals surface area contributed by atoms with Crippen LogP contribution in [0.3, 0.4) is 0 Å². The van der Waals surface area contributed by atoms with Crippen molar-refractivity contribution in [2.75, 3.05) is 0 Å². The molecule has 0 aliphatic carbocycles. The van der Waals surface area contributed by atoms with E-state index >= 15 is 0 Å². The molecule has 86 valence electrons. The van der Waals surface area contributed by atoms with Gasteiger partial charge in [0.05, 0.1) is 5.56 Å². The number of benzene rings is 1. The minimum atomic E-state index is -4.77. The van der Waals surface area contributed by atoms with Crippen molar-refractivity contribution in [1.82, 2.24) is 0 Å². The van der Waals surface area contributed by atoms with Gasteiger partial charge in [0.2, 0.25) is 5.22 Å². The third kappa shape index (κ3) is 1.76. The summed E-state index contributed by atoms with van der Waals surface area (Å²) < 4.78 is 42.0. The lowest BCUT2D eigenvalue weighted by atomic mass is 10.1. The molecular formula is C10H6ClF3O2. The molecular weight excluding hydrogens is 245 g/mol. The molecule has 16 heavy (non-hydrogen) atoms. The van der Waals surface area contributed by atoms with Gasteiger partial charge in [-0.05, 0) is 17.7 Å². The van der Waals surface area contributed by atoms with Gasteiger partial charge in [-0.3, -0.25) is 0 Å². The molecule has 0 radical (unpaired) electrons. The van der Waals surface area contributed by atoms with Gasteiger partial charge in [0, 0.05) is 5.39 Å². The summed E-state index contributed by atoms with van der Waals surface area (Å²) in [7, 11) is 0. The molecule has 2 aromatic rings. The van der Waals surface area contributed by atoms with E-state index in [-0.39, 0.29) is 11.0 Å². The summed E-state index contributed by atoms with van der Waals surface area (Å²) in [6.45, 7) is 0. The topological polar surface area (TPSA) is 33.4 Å². The molecule has 2 nitrogen and oxygen atoms in total. The van der Waals surface area contributed by atoms with Gasteiger partial charge >= 0.3 is 6.18 Å². The molecule has 0 saturated carbocycles. The fourth-order valence-electron chi connectivity index (χ4n) is 1.45. The second-order valence-corrected chi connectivity index (χ2v) is 3.57. The standard InChI is InChI=1S/C10H6ClF3O2/c11-9-7(8(15)10(12,13)14)5-3-1-2-4-6(5)16-9/h1-4,8,15H/t8-/m1/s1. The summed E-state index contributed by atoms with van der Waals surface area (Å²) in [4.78, 5) is 0. The number of aliphatic hydroxyl groups excluding tert-OH is 1. The minimum Gasteiger partial charge on any atom is -0.444 e. The average molecular weight is 251 g/mol. The van der Waals surface area contributed by atoms with E-state index in [2.05, 4.69) is 0 Å². The number of fused-ring (bicyclic) bond motifs is 1. The van der Waals surface area contributed by atoms with E-state index < -0.39 is 23.1 Å². The molecule has 0 bridgehead atoms. The summed E-state index contributed by atoms with van der Waals surface area (Å²) >= 11 is 5.54. The summed E-state index contributed by atoms with van der Waals surface area (Å²) in [5.74, 6) is 0. The third-order valence-corrected chi connectivity index (χ3v) is 2.45. The smallest absolute Gasteiger partial charge is 0.418 e. The van der Waals surface area contributed by atoms with Crippen LogP contribution in [-0.2, 0) is 0 Å². The van der Waals surface area contributed by atoms with Crippen LogP contribution in [0.25, 0.3) is 11.0 Å². The normalized spacial score (nSPS) is 14.3. The molecule has 0 aliphatic rings. The Morgan fingerprint density at radius 3 is 2.50 bits per heavy atom. The van der Waals surface area contributed by atoms with Crippen molar-refractivity contribution in [3.63, 3.8) is 0 Å². The van der Waals surface area contributed by atoms with Gasteiger partial charge in [-0.15, -0.1) is 0 Å². The van der Waals surface area contributed by atoms with E-state index in [0.717, 1.165) is 0 Å². The lowest BCUT2D eigenvalue weighted by Crippen LogP contribution is -2.20. The van der Waals surface area contributed by atoms with Gasteiger partial charge in [0.25, 0.3) is 0 Å². The lowest BCUT2D eigenvalue weighted by Gasteiger charge is -2.13. The first-order valence-corrected chi connectivity index (χ1v) is 4.71. The lowest BCUT2D eigenvalue weighted by molar-refractivity contribution is -0.206. The van der Waals surface area contributed by atoms with Crippen LogP contribution in [0.5, 0.6) is 0 Å². The Morgan fingerprint density at radius 2 is 1.88 bits per heavy atom. The first-order valence-electron chi connectivity index (χ1n) is 4.33. The molecule has 0 saturated heterocycles. The molecule has 0 fully saturated rings. The molecule has 1 aromatic heterocycles. The summed E-state index contributed by atoms with van der Waals surface area (Å²) in [6.07, 6.45) is -7.40. The minimum absolute atomic E-state index is 0.164. The zero-order valence-electron chi connectivity index (χ0n) is 7.75. The maximum atomic E-state index is 12.4. The van der Waals surface area contributed by atoms with Crippen LogP contribution in [0.1, 0.15) is 11.7 Å². The van der Waals surface area contributed by atoms with E-state index in [1.54, 1.807) is 12.1 Å². The number of rotatable bonds is 1. The molecule has 1 heterocycles. The Bertz CT molecular complexity index is 518. The Balaban J connectivity index is 2.64. The van der Waals surface area contributed by atoms with Gasteiger partial charge in [-0.25, -0.2) is 0 Å². The van der Waals surface area contributed by atoms with Crippen molar-refractivity contribution < 1.29 is 22.7 Å². The van der Waals surface area contributed by atoms with Gasteiger partial charge in [0.1, 0.15) is 5.58 Å². The van der Waals surface area contributed by atoms with Crippen LogP contribution in [0.4, 0.5) is 13.2 Å². The van der Waals surface area contributed by atoms with Crippen LogP contribution in [0.2, 0.25) is 5.22 Å². The molecule has 0 aliphatic heterocycles. The molecule has 0 unspecified atom stereocenters. The zero-order valence-corrected chi connectivity index (χ0v) is 8.51. The van der Waals surface area contributed by atoms with Crippen molar-refractivity contribution >= 4 is 22.6 Å². The maximum absolute atomic E-state index is 12.4. The fraction of sp³-hybridized carbons (Fsp3) is 0.200. The molecule has 0 amide bonds. The van der Waals surface area contributed by atoms with Crippen molar-refractivity contribution in [3.8, 4) is 0 Å². The predicted molar refractivity (Wildman–Crippen MR) is 52.2 cm³/mol. The van der Waals surface area contributed by atoms with E-state index in [1.807, 2.05) is 0 Å². The molecule has 2 rings (SSSR count). The summed E-state index contributed by atoms with van der Waals surface area (Å²) in [6, 6.07) is 6.04. The highest BCUT2D eigenvalue weighted by atomic mass is 35.5. The first kappa shape index (κ1) is 11.3. The monoisotopic (exact) mass is 250 g/mol. The van der Waals surface area contributed by atoms with Gasteiger partial charge in [0.15, 0.2) is 6.10 Å². The van der Waals surface area contributed by atoms with E-state index in [4.69, 9.17) is 21.1 Å². The summed E-state index contributed by atoms with van der Waals surface area (Å²) in [5, 5.41) is 8.88. The van der Waals surface area contributed by atoms with Crippen molar-refractivity contribution in [3.05, 3.63) is 35.0 Å². The largest absolute Gasteiger partial charge is 0.444 e. The Kier molecular flexibility index (Phi) is 2.59. The fourth-order valence-corrected chi connectivity index (χ4v) is 1.74. The molecule has 6 heteroatoms. The summed E-state index contributed by atoms with van der Waals surface area (Å²) in [5.41, 5.74) is -0.226. The second kappa shape index (κ2) is 3.68. The van der Waals surface area contributed by atoms with Crippen molar-refractivity contribution in [2.24, 2.45) is 0 Å². The highest BCUT2D eigenvalue weighted by Crippen LogP contribution is 2.41. The number of para-hydroxylation sites is 1. The quantitative estimate of drug-likeness (QED) is 0.837. The number of alkyl halides is 3. The van der Waals surface area contributed by atoms with E-state index in [9.17, 15) is 13.2 Å². The second-order valence-electron chi connectivity index (χ2n) is 3.23. The molecule has 1 atom stereocenters. The highest BCUT2D eigenvalue weighted by molar-refractivity contribution is 6.30. The van der Waals surface area contributed by atoms with Crippen LogP contribution < -0.4 is 0 Å². The Hall–Kier alpha value is -1.20. The van der Waals surface area contributed by atoms with E-state index in [0.29, 0.717) is 0 Å².